The minimum atomic E-state index is -0.592. The van der Waals surface area contributed by atoms with Gasteiger partial charge >= 0.3 is 5.97 Å². The molecule has 0 radical (unpaired) electrons. The maximum Gasteiger partial charge on any atom is 0.343 e. The number of nitrogens with zero attached hydrogens (tertiary/aromatic N) is 1. The number of carbonyl (C=O) groups excluding carboxylic acids is 1. The molecule has 0 amide bonds. The fourth-order valence-electron chi connectivity index (χ4n) is 4.17. The highest BCUT2D eigenvalue weighted by atomic mass is 16.5. The number of rotatable bonds is 3. The number of aromatic hydroxyl groups is 1. The number of ether oxygens (including phenoxy) is 2. The summed E-state index contributed by atoms with van der Waals surface area (Å²) in [5.74, 6) is 0.347. The van der Waals surface area contributed by atoms with Crippen molar-refractivity contribution in [2.45, 2.75) is 39.7 Å². The predicted molar refractivity (Wildman–Crippen MR) is 101 cm³/mol. The van der Waals surface area contributed by atoms with E-state index in [9.17, 15) is 14.7 Å². The first-order valence-electron chi connectivity index (χ1n) is 9.36. The maximum absolute atomic E-state index is 12.7. The van der Waals surface area contributed by atoms with E-state index in [1.165, 1.54) is 6.07 Å². The van der Waals surface area contributed by atoms with Crippen molar-refractivity contribution in [2.24, 2.45) is 5.92 Å². The summed E-state index contributed by atoms with van der Waals surface area (Å²) in [6.45, 7) is 6.67. The van der Waals surface area contributed by atoms with Gasteiger partial charge in [0.2, 0.25) is 0 Å². The molecule has 1 aromatic heterocycles. The van der Waals surface area contributed by atoms with Gasteiger partial charge in [-0.15, -0.1) is 0 Å². The third-order valence-electron chi connectivity index (χ3n) is 5.43. The second kappa shape index (κ2) is 6.44. The first-order valence-corrected chi connectivity index (χ1v) is 9.36. The summed E-state index contributed by atoms with van der Waals surface area (Å²) >= 11 is 0. The van der Waals surface area contributed by atoms with Crippen LogP contribution in [0, 0.1) is 5.92 Å². The standard InChI is InChI=1S/C21H23NO5/c1-4-26-21(25)14-10-22-15(11(2)3)7-12-8-18(24)20-13(5-6-27-20)19(12)16(22)9-17(14)23/h8-11,15,24H,4-7H2,1-3H3/t15-/m0/s1. The molecule has 1 aromatic carbocycles. The SMILES string of the molecule is CCOC(=O)c1cn2c(cc1=O)-c1c(cc(O)c3c1CCO3)C[C@H]2C(C)C. The summed E-state index contributed by atoms with van der Waals surface area (Å²) in [6, 6.07) is 3.35. The Morgan fingerprint density at radius 3 is 2.89 bits per heavy atom. The summed E-state index contributed by atoms with van der Waals surface area (Å²) in [5, 5.41) is 10.3. The molecular formula is C21H23NO5. The van der Waals surface area contributed by atoms with Gasteiger partial charge in [0.15, 0.2) is 16.9 Å². The molecule has 0 saturated carbocycles. The van der Waals surface area contributed by atoms with Crippen LogP contribution in [0.5, 0.6) is 11.5 Å². The lowest BCUT2D eigenvalue weighted by atomic mass is 9.84. The molecule has 27 heavy (non-hydrogen) atoms. The van der Waals surface area contributed by atoms with E-state index in [2.05, 4.69) is 13.8 Å². The summed E-state index contributed by atoms with van der Waals surface area (Å²) in [4.78, 5) is 24.9. The second-order valence-electron chi connectivity index (χ2n) is 7.42. The van der Waals surface area contributed by atoms with Crippen molar-refractivity contribution >= 4 is 5.97 Å². The van der Waals surface area contributed by atoms with Crippen LogP contribution in [-0.4, -0.2) is 28.9 Å². The summed E-state index contributed by atoms with van der Waals surface area (Å²) < 4.78 is 12.7. The molecule has 1 atom stereocenters. The van der Waals surface area contributed by atoms with Crippen molar-refractivity contribution in [3.8, 4) is 22.8 Å². The Morgan fingerprint density at radius 1 is 1.41 bits per heavy atom. The summed E-state index contributed by atoms with van der Waals surface area (Å²) in [5.41, 5.74) is 3.37. The van der Waals surface area contributed by atoms with E-state index in [4.69, 9.17) is 9.47 Å². The molecule has 142 valence electrons. The minimum Gasteiger partial charge on any atom is -0.504 e. The van der Waals surface area contributed by atoms with E-state index in [1.54, 1.807) is 19.2 Å². The molecule has 4 rings (SSSR count). The number of esters is 1. The molecule has 0 unspecified atom stereocenters. The van der Waals surface area contributed by atoms with Crippen LogP contribution in [0.2, 0.25) is 0 Å². The van der Waals surface area contributed by atoms with Gasteiger partial charge in [-0.2, -0.15) is 0 Å². The molecule has 2 aliphatic rings. The van der Waals surface area contributed by atoms with E-state index in [-0.39, 0.29) is 35.3 Å². The third kappa shape index (κ3) is 2.71. The molecule has 6 nitrogen and oxygen atoms in total. The predicted octanol–water partition coefficient (Wildman–Crippen LogP) is 3.09. The van der Waals surface area contributed by atoms with Crippen molar-refractivity contribution in [1.82, 2.24) is 4.57 Å². The zero-order chi connectivity index (χ0) is 19.3. The highest BCUT2D eigenvalue weighted by molar-refractivity contribution is 5.89. The van der Waals surface area contributed by atoms with Gasteiger partial charge in [-0.05, 0) is 30.9 Å². The Labute approximate surface area is 157 Å². The van der Waals surface area contributed by atoms with Crippen molar-refractivity contribution in [1.29, 1.82) is 0 Å². The van der Waals surface area contributed by atoms with Crippen LogP contribution >= 0.6 is 0 Å². The summed E-state index contributed by atoms with van der Waals surface area (Å²) in [7, 11) is 0. The number of pyridine rings is 1. The Bertz CT molecular complexity index is 989. The number of phenolic OH excluding ortho intramolecular Hbond substituents is 1. The molecule has 0 aliphatic carbocycles. The first-order chi connectivity index (χ1) is 12.9. The Kier molecular flexibility index (Phi) is 4.21. The molecule has 2 aromatic rings. The fourth-order valence-corrected chi connectivity index (χ4v) is 4.17. The molecule has 1 N–H and O–H groups in total. The van der Waals surface area contributed by atoms with Crippen LogP contribution < -0.4 is 10.2 Å². The average molecular weight is 369 g/mol. The molecule has 2 aliphatic heterocycles. The number of aromatic nitrogens is 1. The van der Waals surface area contributed by atoms with Gasteiger partial charge in [0.1, 0.15) is 5.56 Å². The molecule has 6 heteroatoms. The molecule has 3 heterocycles. The van der Waals surface area contributed by atoms with Crippen LogP contribution in [0.1, 0.15) is 48.3 Å². The van der Waals surface area contributed by atoms with Gasteiger partial charge in [0.25, 0.3) is 0 Å². The van der Waals surface area contributed by atoms with Crippen LogP contribution in [0.3, 0.4) is 0 Å². The van der Waals surface area contributed by atoms with E-state index < -0.39 is 5.97 Å². The third-order valence-corrected chi connectivity index (χ3v) is 5.43. The van der Waals surface area contributed by atoms with Gasteiger partial charge in [0.05, 0.1) is 18.9 Å². The quantitative estimate of drug-likeness (QED) is 0.842. The van der Waals surface area contributed by atoms with Gasteiger partial charge < -0.3 is 19.1 Å². The highest BCUT2D eigenvalue weighted by Crippen LogP contribution is 2.47. The largest absolute Gasteiger partial charge is 0.504 e. The first kappa shape index (κ1) is 17.6. The zero-order valence-corrected chi connectivity index (χ0v) is 15.7. The number of carbonyl (C=O) groups is 1. The van der Waals surface area contributed by atoms with Crippen molar-refractivity contribution < 1.29 is 19.4 Å². The Morgan fingerprint density at radius 2 is 2.19 bits per heavy atom. The molecule has 0 spiro atoms. The molecule has 0 bridgehead atoms. The Balaban J connectivity index is 1.98. The monoisotopic (exact) mass is 369 g/mol. The summed E-state index contributed by atoms with van der Waals surface area (Å²) in [6.07, 6.45) is 3.04. The van der Waals surface area contributed by atoms with Crippen LogP contribution in [0.4, 0.5) is 0 Å². The van der Waals surface area contributed by atoms with E-state index in [0.717, 1.165) is 22.4 Å². The van der Waals surface area contributed by atoms with Crippen LogP contribution in [0.25, 0.3) is 11.3 Å². The molecule has 0 fully saturated rings. The normalized spacial score (nSPS) is 17.1. The molecular weight excluding hydrogens is 346 g/mol. The van der Waals surface area contributed by atoms with Gasteiger partial charge in [-0.25, -0.2) is 4.79 Å². The van der Waals surface area contributed by atoms with Gasteiger partial charge in [-0.3, -0.25) is 4.79 Å². The molecule has 0 saturated heterocycles. The minimum absolute atomic E-state index is 0.0568. The van der Waals surface area contributed by atoms with Crippen molar-refractivity contribution in [2.75, 3.05) is 13.2 Å². The fraction of sp³-hybridized carbons (Fsp3) is 0.429. The van der Waals surface area contributed by atoms with Crippen LogP contribution in [0.15, 0.2) is 23.1 Å². The zero-order valence-electron chi connectivity index (χ0n) is 15.7. The van der Waals surface area contributed by atoms with Crippen molar-refractivity contribution in [3.05, 3.63) is 45.2 Å². The van der Waals surface area contributed by atoms with Gasteiger partial charge in [0, 0.05) is 35.9 Å². The average Bonchev–Trinajstić information content (AvgIpc) is 3.10. The number of fused-ring (bicyclic) bond motifs is 5. The maximum atomic E-state index is 12.7. The smallest absolute Gasteiger partial charge is 0.343 e. The number of hydrogen-bond acceptors (Lipinski definition) is 5. The lowest BCUT2D eigenvalue weighted by Gasteiger charge is -2.34. The Hall–Kier alpha value is -2.76. The van der Waals surface area contributed by atoms with E-state index in [0.29, 0.717) is 25.2 Å². The van der Waals surface area contributed by atoms with Gasteiger partial charge in [-0.1, -0.05) is 13.8 Å². The highest BCUT2D eigenvalue weighted by Gasteiger charge is 2.33. The van der Waals surface area contributed by atoms with Crippen LogP contribution in [-0.2, 0) is 17.6 Å². The number of hydrogen-bond donors (Lipinski definition) is 1. The van der Waals surface area contributed by atoms with E-state index >= 15 is 0 Å². The number of benzene rings is 1. The lowest BCUT2D eigenvalue weighted by molar-refractivity contribution is 0.0523. The second-order valence-corrected chi connectivity index (χ2v) is 7.42. The van der Waals surface area contributed by atoms with E-state index in [1.807, 2.05) is 4.57 Å². The lowest BCUT2D eigenvalue weighted by Crippen LogP contribution is -2.29. The number of phenols is 1. The van der Waals surface area contributed by atoms with Crippen molar-refractivity contribution in [3.63, 3.8) is 0 Å². The topological polar surface area (TPSA) is 77.8 Å².